The van der Waals surface area contributed by atoms with E-state index >= 15 is 0 Å². The summed E-state index contributed by atoms with van der Waals surface area (Å²) >= 11 is 0. The predicted octanol–water partition coefficient (Wildman–Crippen LogP) is 6.55. The second-order valence-electron chi connectivity index (χ2n) is 7.02. The first kappa shape index (κ1) is 15.9. The molecule has 0 atom stereocenters. The summed E-state index contributed by atoms with van der Waals surface area (Å²) in [7, 11) is 0. The lowest BCUT2D eigenvalue weighted by Crippen LogP contribution is -1.91. The van der Waals surface area contributed by atoms with Crippen molar-refractivity contribution in [2.24, 2.45) is 0 Å². The monoisotopic (exact) mass is 324 g/mol. The Morgan fingerprint density at radius 2 is 1.92 bits per heavy atom. The van der Waals surface area contributed by atoms with Gasteiger partial charge in [0.05, 0.1) is 0 Å². The highest BCUT2D eigenvalue weighted by Gasteiger charge is 2.13. The zero-order valence-corrected chi connectivity index (χ0v) is 14.9. The van der Waals surface area contributed by atoms with E-state index < -0.39 is 0 Å². The van der Waals surface area contributed by atoms with Crippen LogP contribution in [-0.4, -0.2) is 0 Å². The quantitative estimate of drug-likeness (QED) is 0.547. The van der Waals surface area contributed by atoms with Crippen LogP contribution in [0.3, 0.4) is 0 Å². The minimum absolute atomic E-state index is 1.02. The highest BCUT2D eigenvalue weighted by atomic mass is 14.2. The number of rotatable bonds is 5. The minimum atomic E-state index is 1.02. The third-order valence-corrected chi connectivity index (χ3v) is 5.32. The summed E-state index contributed by atoms with van der Waals surface area (Å²) in [5.74, 6) is 0. The summed E-state index contributed by atoms with van der Waals surface area (Å²) in [5, 5.41) is 0. The van der Waals surface area contributed by atoms with Crippen LogP contribution in [0.2, 0.25) is 0 Å². The third-order valence-electron chi connectivity index (χ3n) is 5.32. The van der Waals surface area contributed by atoms with Gasteiger partial charge in [-0.15, -0.1) is 6.58 Å². The summed E-state index contributed by atoms with van der Waals surface area (Å²) in [4.78, 5) is 0. The maximum Gasteiger partial charge on any atom is -0.00821 e. The Balaban J connectivity index is 1.57. The van der Waals surface area contributed by atoms with Gasteiger partial charge in [0.25, 0.3) is 0 Å². The number of benzene rings is 2. The lowest BCUT2D eigenvalue weighted by Gasteiger charge is -2.09. The van der Waals surface area contributed by atoms with Crippen LogP contribution in [0.15, 0.2) is 67.3 Å². The molecule has 0 heteroatoms. The lowest BCUT2D eigenvalue weighted by molar-refractivity contribution is 0.989. The molecule has 2 aliphatic carbocycles. The van der Waals surface area contributed by atoms with Crippen LogP contribution in [0.5, 0.6) is 0 Å². The second-order valence-corrected chi connectivity index (χ2v) is 7.02. The van der Waals surface area contributed by atoms with E-state index in [-0.39, 0.29) is 0 Å². The van der Waals surface area contributed by atoms with Crippen LogP contribution in [0.25, 0.3) is 17.2 Å². The number of aryl methyl sites for hydroxylation is 2. The molecule has 0 bridgehead atoms. The van der Waals surface area contributed by atoms with E-state index in [1.807, 2.05) is 6.08 Å². The van der Waals surface area contributed by atoms with Crippen LogP contribution in [-0.2, 0) is 12.8 Å². The summed E-state index contributed by atoms with van der Waals surface area (Å²) in [6, 6.07) is 13.8. The molecule has 4 rings (SSSR count). The van der Waals surface area contributed by atoms with E-state index in [2.05, 4.69) is 74.2 Å². The van der Waals surface area contributed by atoms with Crippen LogP contribution in [0.1, 0.15) is 46.2 Å². The van der Waals surface area contributed by atoms with Gasteiger partial charge in [0, 0.05) is 0 Å². The molecule has 25 heavy (non-hydrogen) atoms. The van der Waals surface area contributed by atoms with Crippen molar-refractivity contribution >= 4 is 17.2 Å². The Hall–Kier alpha value is -2.60. The lowest BCUT2D eigenvalue weighted by atomic mass is 9.96. The molecule has 0 saturated heterocycles. The molecule has 0 nitrogen and oxygen atoms in total. The molecule has 0 unspecified atom stereocenters. The van der Waals surface area contributed by atoms with Gasteiger partial charge in [0.2, 0.25) is 0 Å². The second kappa shape index (κ2) is 6.72. The topological polar surface area (TPSA) is 0 Å². The van der Waals surface area contributed by atoms with Gasteiger partial charge in [0.1, 0.15) is 0 Å². The van der Waals surface area contributed by atoms with Crippen molar-refractivity contribution in [3.8, 4) is 0 Å². The predicted molar refractivity (Wildman–Crippen MR) is 109 cm³/mol. The van der Waals surface area contributed by atoms with Gasteiger partial charge in [-0.05, 0) is 83.2 Å². The number of hydrogen-bond acceptors (Lipinski definition) is 0. The van der Waals surface area contributed by atoms with E-state index in [1.165, 1.54) is 44.5 Å². The van der Waals surface area contributed by atoms with Gasteiger partial charge in [-0.2, -0.15) is 0 Å². The van der Waals surface area contributed by atoms with E-state index in [9.17, 15) is 0 Å². The first-order chi connectivity index (χ1) is 12.2. The van der Waals surface area contributed by atoms with Gasteiger partial charge >= 0.3 is 0 Å². The molecule has 124 valence electrons. The minimum Gasteiger partial charge on any atom is -0.103 e. The van der Waals surface area contributed by atoms with Crippen LogP contribution in [0.4, 0.5) is 0 Å². The molecule has 0 heterocycles. The van der Waals surface area contributed by atoms with Crippen molar-refractivity contribution in [1.82, 2.24) is 0 Å². The summed E-state index contributed by atoms with van der Waals surface area (Å²) in [6.45, 7) is 6.05. The van der Waals surface area contributed by atoms with Gasteiger partial charge in [-0.3, -0.25) is 0 Å². The Kier molecular flexibility index (Phi) is 4.28. The van der Waals surface area contributed by atoms with Crippen molar-refractivity contribution in [3.05, 3.63) is 101 Å². The third kappa shape index (κ3) is 3.17. The van der Waals surface area contributed by atoms with Crippen molar-refractivity contribution in [1.29, 1.82) is 0 Å². The largest absolute Gasteiger partial charge is 0.103 e. The van der Waals surface area contributed by atoms with E-state index in [0.717, 1.165) is 25.7 Å². The molecular weight excluding hydrogens is 300 g/mol. The number of hydrogen-bond donors (Lipinski definition) is 0. The van der Waals surface area contributed by atoms with Crippen LogP contribution >= 0.6 is 0 Å². The standard InChI is InChI=1S/C25H24/c1-3-4-6-19-9-11-22(15-18(19)2)23-13-14-25(17-23)24-12-10-20-7-5-8-21(20)16-24/h3,5,8-12,14-17H,1,4,6-7,13H2,2H3. The van der Waals surface area contributed by atoms with Gasteiger partial charge in [-0.25, -0.2) is 0 Å². The molecule has 2 aromatic rings. The molecule has 2 aliphatic rings. The fourth-order valence-corrected chi connectivity index (χ4v) is 3.79. The highest BCUT2D eigenvalue weighted by molar-refractivity contribution is 5.90. The Morgan fingerprint density at radius 3 is 2.76 bits per heavy atom. The summed E-state index contributed by atoms with van der Waals surface area (Å²) in [6.07, 6.45) is 15.4. The van der Waals surface area contributed by atoms with Gasteiger partial charge in [-0.1, -0.05) is 60.7 Å². The molecule has 2 aromatic carbocycles. The summed E-state index contributed by atoms with van der Waals surface area (Å²) in [5.41, 5.74) is 11.1. The van der Waals surface area contributed by atoms with Crippen molar-refractivity contribution in [2.75, 3.05) is 0 Å². The number of fused-ring (bicyclic) bond motifs is 1. The fraction of sp³-hybridized carbons (Fsp3) is 0.200. The fourth-order valence-electron chi connectivity index (χ4n) is 3.79. The molecule has 0 aliphatic heterocycles. The first-order valence-corrected chi connectivity index (χ1v) is 9.16. The summed E-state index contributed by atoms with van der Waals surface area (Å²) < 4.78 is 0. The molecule has 0 aromatic heterocycles. The maximum atomic E-state index is 3.82. The normalized spacial score (nSPS) is 15.1. The van der Waals surface area contributed by atoms with Crippen molar-refractivity contribution in [3.63, 3.8) is 0 Å². The maximum absolute atomic E-state index is 3.82. The van der Waals surface area contributed by atoms with E-state index in [0.29, 0.717) is 0 Å². The average molecular weight is 324 g/mol. The van der Waals surface area contributed by atoms with Crippen LogP contribution in [0, 0.1) is 6.92 Å². The molecule has 0 N–H and O–H groups in total. The molecule has 0 fully saturated rings. The van der Waals surface area contributed by atoms with E-state index in [4.69, 9.17) is 0 Å². The Labute approximate surface area is 150 Å². The molecule has 0 spiro atoms. The zero-order valence-electron chi connectivity index (χ0n) is 14.9. The van der Waals surface area contributed by atoms with Crippen molar-refractivity contribution < 1.29 is 0 Å². The molecule has 0 amide bonds. The number of allylic oxidation sites excluding steroid dienone is 6. The molecular formula is C25H24. The molecule has 0 radical (unpaired) electrons. The average Bonchev–Trinajstić information content (AvgIpc) is 3.29. The smallest absolute Gasteiger partial charge is 0.00821 e. The first-order valence-electron chi connectivity index (χ1n) is 9.16. The van der Waals surface area contributed by atoms with E-state index in [1.54, 1.807) is 0 Å². The van der Waals surface area contributed by atoms with Gasteiger partial charge < -0.3 is 0 Å². The van der Waals surface area contributed by atoms with Crippen molar-refractivity contribution in [2.45, 2.75) is 32.6 Å². The molecule has 0 saturated carbocycles. The zero-order chi connectivity index (χ0) is 17.2. The Morgan fingerprint density at radius 1 is 1.04 bits per heavy atom. The Bertz CT molecular complexity index is 919. The SMILES string of the molecule is C=CCCc1ccc(C2=CC(c3ccc4c(c3)C=CC4)=CC2)cc1C. The highest BCUT2D eigenvalue weighted by Crippen LogP contribution is 2.34. The van der Waals surface area contributed by atoms with Crippen LogP contribution < -0.4 is 0 Å². The van der Waals surface area contributed by atoms with Gasteiger partial charge in [0.15, 0.2) is 0 Å².